The number of rotatable bonds is 5. The van der Waals surface area contributed by atoms with Crippen LogP contribution in [0.3, 0.4) is 0 Å². The third-order valence-corrected chi connectivity index (χ3v) is 2.76. The molecule has 0 aliphatic rings. The van der Waals surface area contributed by atoms with Gasteiger partial charge in [0.2, 0.25) is 0 Å². The van der Waals surface area contributed by atoms with Crippen molar-refractivity contribution in [1.82, 2.24) is 20.0 Å². The van der Waals surface area contributed by atoms with Crippen LogP contribution in [0.5, 0.6) is 0 Å². The zero-order valence-electron chi connectivity index (χ0n) is 8.70. The number of halogens is 3. The molecule has 92 valence electrons. The molecule has 2 rings (SSSR count). The van der Waals surface area contributed by atoms with E-state index < -0.39 is 13.0 Å². The predicted molar refractivity (Wildman–Crippen MR) is 61.8 cm³/mol. The van der Waals surface area contributed by atoms with Crippen LogP contribution in [0.4, 0.5) is 14.6 Å². The van der Waals surface area contributed by atoms with Crippen molar-refractivity contribution in [3.05, 3.63) is 28.6 Å². The van der Waals surface area contributed by atoms with Gasteiger partial charge in [-0.05, 0) is 15.9 Å². The van der Waals surface area contributed by atoms with Gasteiger partial charge in [-0.3, -0.25) is 9.78 Å². The molecular formula is C9H10BrF2N5. The normalized spacial score (nSPS) is 11.1. The van der Waals surface area contributed by atoms with Crippen LogP contribution in [0.1, 0.15) is 5.69 Å². The molecular weight excluding hydrogens is 296 g/mol. The standard InChI is InChI=1S/C9H10BrF2N5/c10-6-3-14-15-7(6)4-13-9-1-2-17(16-9)5-8(11)12/h1-3,8H,4-5H2,(H,13,16)(H,14,15). The first-order valence-corrected chi connectivity index (χ1v) is 5.67. The highest BCUT2D eigenvalue weighted by molar-refractivity contribution is 9.10. The molecule has 0 saturated carbocycles. The van der Waals surface area contributed by atoms with Crippen molar-refractivity contribution in [2.45, 2.75) is 19.5 Å². The number of nitrogens with one attached hydrogen (secondary N) is 2. The van der Waals surface area contributed by atoms with Gasteiger partial charge < -0.3 is 5.32 Å². The minimum atomic E-state index is -2.40. The van der Waals surface area contributed by atoms with Crippen LogP contribution in [0.25, 0.3) is 0 Å². The highest BCUT2D eigenvalue weighted by Gasteiger charge is 2.06. The molecule has 0 aromatic carbocycles. The number of aromatic nitrogens is 4. The van der Waals surface area contributed by atoms with E-state index in [0.717, 1.165) is 10.2 Å². The molecule has 2 aromatic rings. The summed E-state index contributed by atoms with van der Waals surface area (Å²) in [6.45, 7) is 0.0989. The number of nitrogens with zero attached hydrogens (tertiary/aromatic N) is 3. The van der Waals surface area contributed by atoms with E-state index in [2.05, 4.69) is 36.5 Å². The Morgan fingerprint density at radius 1 is 1.53 bits per heavy atom. The van der Waals surface area contributed by atoms with Crippen LogP contribution in [-0.4, -0.2) is 26.4 Å². The van der Waals surface area contributed by atoms with Crippen molar-refractivity contribution in [3.8, 4) is 0 Å². The highest BCUT2D eigenvalue weighted by atomic mass is 79.9. The van der Waals surface area contributed by atoms with Gasteiger partial charge in [0.25, 0.3) is 6.43 Å². The number of anilines is 1. The summed E-state index contributed by atoms with van der Waals surface area (Å²) in [6.07, 6.45) is 0.757. The van der Waals surface area contributed by atoms with Gasteiger partial charge in [-0.25, -0.2) is 8.78 Å². The molecule has 8 heteroatoms. The van der Waals surface area contributed by atoms with Crippen LogP contribution < -0.4 is 5.32 Å². The van der Waals surface area contributed by atoms with E-state index in [1.54, 1.807) is 12.3 Å². The van der Waals surface area contributed by atoms with Gasteiger partial charge in [-0.2, -0.15) is 10.2 Å². The van der Waals surface area contributed by atoms with E-state index >= 15 is 0 Å². The largest absolute Gasteiger partial charge is 0.363 e. The van der Waals surface area contributed by atoms with Gasteiger partial charge >= 0.3 is 0 Å². The maximum atomic E-state index is 12.1. The Morgan fingerprint density at radius 3 is 3.00 bits per heavy atom. The molecule has 17 heavy (non-hydrogen) atoms. The maximum Gasteiger partial charge on any atom is 0.257 e. The van der Waals surface area contributed by atoms with E-state index in [1.165, 1.54) is 10.9 Å². The molecule has 0 amide bonds. The molecule has 0 radical (unpaired) electrons. The van der Waals surface area contributed by atoms with Gasteiger partial charge in [-0.15, -0.1) is 0 Å². The molecule has 2 N–H and O–H groups in total. The van der Waals surface area contributed by atoms with Crippen LogP contribution in [0.15, 0.2) is 22.9 Å². The summed E-state index contributed by atoms with van der Waals surface area (Å²) in [6, 6.07) is 1.65. The van der Waals surface area contributed by atoms with E-state index in [0.29, 0.717) is 12.4 Å². The molecule has 0 aliphatic carbocycles. The fourth-order valence-electron chi connectivity index (χ4n) is 1.30. The lowest BCUT2D eigenvalue weighted by molar-refractivity contribution is 0.122. The number of alkyl halides is 2. The lowest BCUT2D eigenvalue weighted by atomic mass is 10.4. The van der Waals surface area contributed by atoms with Crippen molar-refractivity contribution in [1.29, 1.82) is 0 Å². The van der Waals surface area contributed by atoms with Crippen LogP contribution in [0, 0.1) is 0 Å². The topological polar surface area (TPSA) is 58.5 Å². The van der Waals surface area contributed by atoms with Crippen LogP contribution >= 0.6 is 15.9 Å². The number of aromatic amines is 1. The average Bonchev–Trinajstić information content (AvgIpc) is 2.84. The van der Waals surface area contributed by atoms with E-state index in [1.807, 2.05) is 0 Å². The summed E-state index contributed by atoms with van der Waals surface area (Å²) >= 11 is 3.32. The van der Waals surface area contributed by atoms with Crippen molar-refractivity contribution < 1.29 is 8.78 Å². The summed E-state index contributed by atoms with van der Waals surface area (Å²) < 4.78 is 26.2. The summed E-state index contributed by atoms with van der Waals surface area (Å²) in [4.78, 5) is 0. The minimum absolute atomic E-state index is 0.393. The lowest BCUT2D eigenvalue weighted by Gasteiger charge is -2.02. The Kier molecular flexibility index (Phi) is 3.72. The van der Waals surface area contributed by atoms with Crippen molar-refractivity contribution in [3.63, 3.8) is 0 Å². The zero-order chi connectivity index (χ0) is 12.3. The van der Waals surface area contributed by atoms with E-state index in [9.17, 15) is 8.78 Å². The number of H-pyrrole nitrogens is 1. The van der Waals surface area contributed by atoms with Gasteiger partial charge in [0, 0.05) is 12.3 Å². The summed E-state index contributed by atoms with van der Waals surface area (Å²) in [5.74, 6) is 0.548. The monoisotopic (exact) mass is 305 g/mol. The Labute approximate surface area is 104 Å². The SMILES string of the molecule is FC(F)Cn1ccc(NCc2[nH]ncc2Br)n1. The van der Waals surface area contributed by atoms with Crippen molar-refractivity contribution in [2.24, 2.45) is 0 Å². The minimum Gasteiger partial charge on any atom is -0.363 e. The third-order valence-electron chi connectivity index (χ3n) is 2.08. The molecule has 0 fully saturated rings. The Hall–Kier alpha value is -1.44. The molecule has 2 aromatic heterocycles. The van der Waals surface area contributed by atoms with Crippen molar-refractivity contribution >= 4 is 21.7 Å². The molecule has 0 saturated heterocycles. The van der Waals surface area contributed by atoms with Gasteiger partial charge in [0.05, 0.1) is 22.9 Å². The van der Waals surface area contributed by atoms with E-state index in [4.69, 9.17) is 0 Å². The summed E-state index contributed by atoms with van der Waals surface area (Å²) in [5.41, 5.74) is 0.869. The van der Waals surface area contributed by atoms with Gasteiger partial charge in [0.15, 0.2) is 0 Å². The molecule has 0 bridgehead atoms. The predicted octanol–water partition coefficient (Wildman–Crippen LogP) is 2.25. The second kappa shape index (κ2) is 5.26. The second-order valence-corrected chi connectivity index (χ2v) is 4.22. The number of hydrogen-bond donors (Lipinski definition) is 2. The summed E-state index contributed by atoms with van der Waals surface area (Å²) in [7, 11) is 0. The average molecular weight is 306 g/mol. The zero-order valence-corrected chi connectivity index (χ0v) is 10.3. The lowest BCUT2D eigenvalue weighted by Crippen LogP contribution is -2.08. The van der Waals surface area contributed by atoms with Crippen LogP contribution in [-0.2, 0) is 13.1 Å². The maximum absolute atomic E-state index is 12.1. The molecule has 0 atom stereocenters. The Morgan fingerprint density at radius 2 is 2.35 bits per heavy atom. The third kappa shape index (κ3) is 3.26. The molecule has 0 aliphatic heterocycles. The van der Waals surface area contributed by atoms with Crippen LogP contribution in [0.2, 0.25) is 0 Å². The molecule has 5 nitrogen and oxygen atoms in total. The first-order chi connectivity index (χ1) is 8.15. The van der Waals surface area contributed by atoms with Gasteiger partial charge in [-0.1, -0.05) is 0 Å². The first-order valence-electron chi connectivity index (χ1n) is 4.88. The fraction of sp³-hybridized carbons (Fsp3) is 0.333. The number of hydrogen-bond acceptors (Lipinski definition) is 3. The quantitative estimate of drug-likeness (QED) is 0.891. The van der Waals surface area contributed by atoms with Gasteiger partial charge in [0.1, 0.15) is 12.4 Å². The fourth-order valence-corrected chi connectivity index (χ4v) is 1.63. The first kappa shape index (κ1) is 12.0. The van der Waals surface area contributed by atoms with E-state index in [-0.39, 0.29) is 0 Å². The smallest absolute Gasteiger partial charge is 0.257 e. The second-order valence-electron chi connectivity index (χ2n) is 3.36. The Balaban J connectivity index is 1.91. The summed E-state index contributed by atoms with van der Waals surface area (Å²) in [5, 5.41) is 13.6. The Bertz CT molecular complexity index is 481. The highest BCUT2D eigenvalue weighted by Crippen LogP contribution is 2.14. The molecule has 2 heterocycles. The molecule has 0 unspecified atom stereocenters. The molecule has 0 spiro atoms. The van der Waals surface area contributed by atoms with Crippen molar-refractivity contribution in [2.75, 3.05) is 5.32 Å².